The van der Waals surface area contributed by atoms with Gasteiger partial charge in [-0.15, -0.1) is 0 Å². The van der Waals surface area contributed by atoms with E-state index in [0.717, 1.165) is 0 Å². The van der Waals surface area contributed by atoms with Crippen LogP contribution < -0.4 is 4.90 Å². The van der Waals surface area contributed by atoms with Gasteiger partial charge >= 0.3 is 0 Å². The molecule has 0 saturated carbocycles. The maximum Gasteiger partial charge on any atom is 0.0467 e. The van der Waals surface area contributed by atoms with E-state index in [9.17, 15) is 0 Å². The van der Waals surface area contributed by atoms with Gasteiger partial charge in [-0.1, -0.05) is 49.6 Å². The van der Waals surface area contributed by atoms with E-state index in [1.54, 1.807) is 0 Å². The average molecular weight is 295 g/mol. The van der Waals surface area contributed by atoms with Gasteiger partial charge in [0.25, 0.3) is 0 Å². The molecule has 0 atom stereocenters. The van der Waals surface area contributed by atoms with E-state index in [1.807, 2.05) is 0 Å². The predicted octanol–water partition coefficient (Wildman–Crippen LogP) is 6.11. The van der Waals surface area contributed by atoms with Gasteiger partial charge in [0.2, 0.25) is 0 Å². The smallest absolute Gasteiger partial charge is 0.0467 e. The summed E-state index contributed by atoms with van der Waals surface area (Å²) in [4.78, 5) is 2.31. The summed E-state index contributed by atoms with van der Waals surface area (Å²) >= 11 is 0. The molecule has 0 saturated heterocycles. The molecule has 2 aromatic carbocycles. The van der Waals surface area contributed by atoms with Crippen LogP contribution in [0.3, 0.4) is 0 Å². The molecule has 1 nitrogen and oxygen atoms in total. The topological polar surface area (TPSA) is 3.24 Å². The Morgan fingerprint density at radius 2 is 1.45 bits per heavy atom. The molecule has 0 N–H and O–H groups in total. The maximum atomic E-state index is 2.36. The van der Waals surface area contributed by atoms with E-state index in [1.165, 1.54) is 59.3 Å². The Labute approximate surface area is 136 Å². The molecule has 0 heterocycles. The van der Waals surface area contributed by atoms with Crippen LogP contribution in [0.4, 0.5) is 11.4 Å². The molecule has 22 heavy (non-hydrogen) atoms. The minimum Gasteiger partial charge on any atom is -0.344 e. The third-order valence-electron chi connectivity index (χ3n) is 4.38. The lowest BCUT2D eigenvalue weighted by molar-refractivity contribution is 0.717. The van der Waals surface area contributed by atoms with Crippen LogP contribution in [0.25, 0.3) is 0 Å². The molecule has 0 radical (unpaired) electrons. The zero-order valence-electron chi connectivity index (χ0n) is 14.7. The zero-order valence-corrected chi connectivity index (χ0v) is 14.7. The molecule has 0 unspecified atom stereocenters. The van der Waals surface area contributed by atoms with Gasteiger partial charge in [-0.3, -0.25) is 0 Å². The summed E-state index contributed by atoms with van der Waals surface area (Å²) in [5.74, 6) is 0. The second kappa shape index (κ2) is 7.49. The highest BCUT2D eigenvalue weighted by atomic mass is 15.1. The molecule has 0 aromatic heterocycles. The van der Waals surface area contributed by atoms with Crippen molar-refractivity contribution in [2.75, 3.05) is 11.9 Å². The van der Waals surface area contributed by atoms with Crippen LogP contribution in [0.1, 0.15) is 48.4 Å². The molecule has 0 spiro atoms. The standard InChI is InChI=1S/C21H29N/c1-6-7-8-9-19-14-17(3)21(18(4)15-19)22(5)20-12-10-16(2)11-13-20/h10-15H,6-9H2,1-5H3. The Kier molecular flexibility index (Phi) is 5.65. The highest BCUT2D eigenvalue weighted by Gasteiger charge is 2.11. The molecule has 0 bridgehead atoms. The summed E-state index contributed by atoms with van der Waals surface area (Å²) in [5, 5.41) is 0. The van der Waals surface area contributed by atoms with E-state index < -0.39 is 0 Å². The molecule has 0 aliphatic carbocycles. The van der Waals surface area contributed by atoms with Crippen LogP contribution in [0.15, 0.2) is 36.4 Å². The number of hydrogen-bond donors (Lipinski definition) is 0. The van der Waals surface area contributed by atoms with Gasteiger partial charge in [-0.25, -0.2) is 0 Å². The first kappa shape index (κ1) is 16.6. The van der Waals surface area contributed by atoms with Crippen molar-refractivity contribution in [2.24, 2.45) is 0 Å². The van der Waals surface area contributed by atoms with Crippen LogP contribution in [0, 0.1) is 20.8 Å². The lowest BCUT2D eigenvalue weighted by atomic mass is 9.99. The average Bonchev–Trinajstić information content (AvgIpc) is 2.47. The minimum absolute atomic E-state index is 1.20. The van der Waals surface area contributed by atoms with Gasteiger partial charge < -0.3 is 4.90 Å². The number of rotatable bonds is 6. The molecule has 0 aliphatic rings. The Balaban J connectivity index is 2.25. The summed E-state index contributed by atoms with van der Waals surface area (Å²) in [6, 6.07) is 13.5. The van der Waals surface area contributed by atoms with Gasteiger partial charge in [0.15, 0.2) is 0 Å². The van der Waals surface area contributed by atoms with E-state index in [0.29, 0.717) is 0 Å². The van der Waals surface area contributed by atoms with E-state index >= 15 is 0 Å². The summed E-state index contributed by atoms with van der Waals surface area (Å²) in [6.45, 7) is 8.86. The molecule has 2 rings (SSSR count). The van der Waals surface area contributed by atoms with Gasteiger partial charge in [-0.05, 0) is 62.4 Å². The second-order valence-electron chi connectivity index (χ2n) is 6.43. The second-order valence-corrected chi connectivity index (χ2v) is 6.43. The first-order valence-electron chi connectivity index (χ1n) is 8.43. The molecule has 0 amide bonds. The van der Waals surface area contributed by atoms with Crippen LogP contribution in [-0.2, 0) is 6.42 Å². The first-order valence-corrected chi connectivity index (χ1v) is 8.43. The van der Waals surface area contributed by atoms with Gasteiger partial charge in [0, 0.05) is 18.4 Å². The van der Waals surface area contributed by atoms with E-state index in [-0.39, 0.29) is 0 Å². The number of anilines is 2. The predicted molar refractivity (Wildman–Crippen MR) is 98.4 cm³/mol. The van der Waals surface area contributed by atoms with Crippen LogP contribution in [0.2, 0.25) is 0 Å². The summed E-state index contributed by atoms with van der Waals surface area (Å²) in [6.07, 6.45) is 5.10. The molecule has 118 valence electrons. The molecule has 1 heteroatoms. The number of nitrogens with zero attached hydrogens (tertiary/aromatic N) is 1. The summed E-state index contributed by atoms with van der Waals surface area (Å²) in [5.41, 5.74) is 8.10. The molecule has 0 aliphatic heterocycles. The normalized spacial score (nSPS) is 10.8. The first-order chi connectivity index (χ1) is 10.5. The number of aryl methyl sites for hydroxylation is 4. The molecular formula is C21H29N. The SMILES string of the molecule is CCCCCc1cc(C)c(N(C)c2ccc(C)cc2)c(C)c1. The molecular weight excluding hydrogens is 266 g/mol. The number of benzene rings is 2. The number of unbranched alkanes of at least 4 members (excludes halogenated alkanes) is 2. The van der Waals surface area contributed by atoms with E-state index in [2.05, 4.69) is 76.0 Å². The Hall–Kier alpha value is -1.76. The van der Waals surface area contributed by atoms with Crippen molar-refractivity contribution in [3.8, 4) is 0 Å². The lowest BCUT2D eigenvalue weighted by Crippen LogP contribution is -2.12. The summed E-state index contributed by atoms with van der Waals surface area (Å²) < 4.78 is 0. The van der Waals surface area contributed by atoms with Crippen LogP contribution >= 0.6 is 0 Å². The zero-order chi connectivity index (χ0) is 16.1. The fourth-order valence-electron chi connectivity index (χ4n) is 3.20. The highest BCUT2D eigenvalue weighted by Crippen LogP contribution is 2.31. The van der Waals surface area contributed by atoms with Crippen molar-refractivity contribution in [1.82, 2.24) is 0 Å². The fourth-order valence-corrected chi connectivity index (χ4v) is 3.20. The van der Waals surface area contributed by atoms with Crippen molar-refractivity contribution < 1.29 is 0 Å². The summed E-state index contributed by atoms with van der Waals surface area (Å²) in [7, 11) is 2.16. The van der Waals surface area contributed by atoms with Crippen molar-refractivity contribution in [3.05, 3.63) is 58.7 Å². The third kappa shape index (κ3) is 3.91. The maximum absolute atomic E-state index is 2.36. The number of hydrogen-bond acceptors (Lipinski definition) is 1. The van der Waals surface area contributed by atoms with Crippen molar-refractivity contribution in [2.45, 2.75) is 53.4 Å². The lowest BCUT2D eigenvalue weighted by Gasteiger charge is -2.25. The molecule has 0 fully saturated rings. The van der Waals surface area contributed by atoms with Crippen molar-refractivity contribution in [1.29, 1.82) is 0 Å². The van der Waals surface area contributed by atoms with Gasteiger partial charge in [-0.2, -0.15) is 0 Å². The largest absolute Gasteiger partial charge is 0.344 e. The van der Waals surface area contributed by atoms with E-state index in [4.69, 9.17) is 0 Å². The van der Waals surface area contributed by atoms with Gasteiger partial charge in [0.1, 0.15) is 0 Å². The highest BCUT2D eigenvalue weighted by molar-refractivity contribution is 5.69. The Morgan fingerprint density at radius 1 is 0.864 bits per heavy atom. The minimum atomic E-state index is 1.20. The van der Waals surface area contributed by atoms with Crippen molar-refractivity contribution in [3.63, 3.8) is 0 Å². The van der Waals surface area contributed by atoms with Crippen molar-refractivity contribution >= 4 is 11.4 Å². The van der Waals surface area contributed by atoms with Gasteiger partial charge in [0.05, 0.1) is 0 Å². The fraction of sp³-hybridized carbons (Fsp3) is 0.429. The monoisotopic (exact) mass is 295 g/mol. The quantitative estimate of drug-likeness (QED) is 0.581. The molecule has 2 aromatic rings. The Bertz CT molecular complexity index is 587. The Morgan fingerprint density at radius 3 is 2.00 bits per heavy atom. The van der Waals surface area contributed by atoms with Crippen LogP contribution in [-0.4, -0.2) is 7.05 Å². The van der Waals surface area contributed by atoms with Crippen LogP contribution in [0.5, 0.6) is 0 Å². The third-order valence-corrected chi connectivity index (χ3v) is 4.38.